The first-order valence-corrected chi connectivity index (χ1v) is 14.1. The average Bonchev–Trinajstić information content (AvgIpc) is 3.51. The lowest BCUT2D eigenvalue weighted by molar-refractivity contribution is 0.300. The van der Waals surface area contributed by atoms with E-state index in [0.717, 1.165) is 0 Å². The minimum Gasteiger partial charge on any atom is -0.496 e. The Kier molecular flexibility index (Phi) is 7.69. The number of hydrogen-bond donors (Lipinski definition) is 2. The fourth-order valence-electron chi connectivity index (χ4n) is 4.22. The van der Waals surface area contributed by atoms with Gasteiger partial charge in [0.25, 0.3) is 0 Å². The third-order valence-corrected chi connectivity index (χ3v) is 7.94. The molecule has 204 valence electrons. The zero-order valence-electron chi connectivity index (χ0n) is 21.1. The third-order valence-electron chi connectivity index (χ3n) is 6.14. The topological polar surface area (TPSA) is 124 Å². The summed E-state index contributed by atoms with van der Waals surface area (Å²) in [6, 6.07) is 7.61. The maximum atomic E-state index is 13.5. The number of aromatic nitrogens is 4. The predicted octanol–water partition coefficient (Wildman–Crippen LogP) is 4.73. The quantitative estimate of drug-likeness (QED) is 0.262. The van der Waals surface area contributed by atoms with Crippen molar-refractivity contribution in [3.8, 4) is 22.6 Å². The lowest BCUT2D eigenvalue weighted by Crippen LogP contribution is -2.31. The van der Waals surface area contributed by atoms with Gasteiger partial charge in [-0.15, -0.1) is 11.6 Å². The van der Waals surface area contributed by atoms with Gasteiger partial charge in [-0.25, -0.2) is 27.5 Å². The summed E-state index contributed by atoms with van der Waals surface area (Å²) in [5, 5.41) is 2.80. The van der Waals surface area contributed by atoms with Gasteiger partial charge in [0.1, 0.15) is 34.1 Å². The molecule has 0 amide bonds. The zero-order valence-corrected chi connectivity index (χ0v) is 22.7. The molecule has 0 bridgehead atoms. The normalized spacial score (nSPS) is 16.6. The Balaban J connectivity index is 1.29. The molecule has 0 spiro atoms. The third kappa shape index (κ3) is 5.82. The van der Waals surface area contributed by atoms with Crippen LogP contribution >= 0.6 is 11.6 Å². The Hall–Kier alpha value is -3.74. The molecule has 0 fully saturated rings. The van der Waals surface area contributed by atoms with Gasteiger partial charge in [0, 0.05) is 30.5 Å². The fraction of sp³-hybridized carbons (Fsp3) is 0.269. The molecule has 39 heavy (non-hydrogen) atoms. The van der Waals surface area contributed by atoms with E-state index in [2.05, 4.69) is 25.0 Å². The van der Waals surface area contributed by atoms with Crippen molar-refractivity contribution in [3.05, 3.63) is 77.6 Å². The molecule has 2 N–H and O–H groups in total. The molecule has 2 unspecified atom stereocenters. The highest BCUT2D eigenvalue weighted by Gasteiger charge is 2.26. The SMILES string of the molecule is COC1=CCC(Cl)C=C1S(=O)(=O)NCCC(C)Nc1nccc(-c2c(-c3ccc(F)cc3)nc3occn23)n1. The summed E-state index contributed by atoms with van der Waals surface area (Å²) < 4.78 is 54.2. The Labute approximate surface area is 229 Å². The maximum Gasteiger partial charge on any atom is 0.306 e. The van der Waals surface area contributed by atoms with Gasteiger partial charge in [0.2, 0.25) is 16.0 Å². The molecule has 0 aliphatic heterocycles. The Morgan fingerprint density at radius 2 is 2.05 bits per heavy atom. The number of nitrogens with zero attached hydrogens (tertiary/aromatic N) is 4. The van der Waals surface area contributed by atoms with Gasteiger partial charge in [0.05, 0.1) is 18.2 Å². The average molecular weight is 573 g/mol. The van der Waals surface area contributed by atoms with Crippen molar-refractivity contribution in [3.63, 3.8) is 0 Å². The van der Waals surface area contributed by atoms with Gasteiger partial charge in [-0.3, -0.25) is 4.40 Å². The van der Waals surface area contributed by atoms with Crippen LogP contribution in [0.2, 0.25) is 0 Å². The highest BCUT2D eigenvalue weighted by Crippen LogP contribution is 2.32. The number of ether oxygens (including phenoxy) is 1. The first kappa shape index (κ1) is 26.9. The highest BCUT2D eigenvalue weighted by molar-refractivity contribution is 7.93. The van der Waals surface area contributed by atoms with Crippen molar-refractivity contribution in [2.24, 2.45) is 0 Å². The van der Waals surface area contributed by atoms with Crippen molar-refractivity contribution < 1.29 is 22.0 Å². The van der Waals surface area contributed by atoms with E-state index in [4.69, 9.17) is 20.8 Å². The minimum atomic E-state index is -3.80. The number of imidazole rings is 1. The standard InChI is InChI=1S/C26H26ClFN6O4S/c1-16(9-12-30-39(35,36)22-15-18(27)5-8-21(22)37-2)31-25-29-11-10-20(32-25)24-23(17-3-6-19(28)7-4-17)33-26-34(24)13-14-38-26/h3-4,6-8,10-11,13-16,18,30H,5,9,12H2,1-2H3,(H,29,31,32). The van der Waals surface area contributed by atoms with Crippen molar-refractivity contribution in [2.75, 3.05) is 19.0 Å². The van der Waals surface area contributed by atoms with Crippen LogP contribution in [0.4, 0.5) is 10.3 Å². The molecule has 5 rings (SSSR count). The monoisotopic (exact) mass is 572 g/mol. The molecular weight excluding hydrogens is 547 g/mol. The molecule has 3 heterocycles. The number of oxazole rings is 1. The van der Waals surface area contributed by atoms with Crippen LogP contribution in [0.25, 0.3) is 28.5 Å². The van der Waals surface area contributed by atoms with Gasteiger partial charge in [-0.2, -0.15) is 4.98 Å². The zero-order chi connectivity index (χ0) is 27.6. The molecule has 13 heteroatoms. The summed E-state index contributed by atoms with van der Waals surface area (Å²) in [5.74, 6) is 0.666. The van der Waals surface area contributed by atoms with E-state index < -0.39 is 15.4 Å². The molecule has 2 atom stereocenters. The highest BCUT2D eigenvalue weighted by atomic mass is 35.5. The molecule has 0 saturated carbocycles. The van der Waals surface area contributed by atoms with Crippen LogP contribution < -0.4 is 10.0 Å². The van der Waals surface area contributed by atoms with Crippen LogP contribution in [0.1, 0.15) is 19.8 Å². The second-order valence-electron chi connectivity index (χ2n) is 8.92. The number of methoxy groups -OCH3 is 1. The largest absolute Gasteiger partial charge is 0.496 e. The number of hydrogen-bond acceptors (Lipinski definition) is 8. The van der Waals surface area contributed by atoms with Crippen LogP contribution in [-0.4, -0.2) is 52.8 Å². The van der Waals surface area contributed by atoms with Crippen molar-refractivity contribution in [1.82, 2.24) is 24.1 Å². The molecule has 3 aromatic heterocycles. The van der Waals surface area contributed by atoms with Crippen molar-refractivity contribution >= 4 is 33.4 Å². The summed E-state index contributed by atoms with van der Waals surface area (Å²) in [5.41, 5.74) is 2.53. The summed E-state index contributed by atoms with van der Waals surface area (Å²) in [4.78, 5) is 13.6. The number of alkyl halides is 1. The van der Waals surface area contributed by atoms with E-state index >= 15 is 0 Å². The Bertz CT molecular complexity index is 1650. The number of allylic oxidation sites excluding steroid dienone is 2. The Morgan fingerprint density at radius 1 is 1.26 bits per heavy atom. The smallest absolute Gasteiger partial charge is 0.306 e. The molecule has 1 aromatic carbocycles. The second-order valence-corrected chi connectivity index (χ2v) is 11.2. The summed E-state index contributed by atoms with van der Waals surface area (Å²) in [6.07, 6.45) is 8.97. The van der Waals surface area contributed by atoms with Gasteiger partial charge >= 0.3 is 5.84 Å². The molecule has 0 radical (unpaired) electrons. The predicted molar refractivity (Wildman–Crippen MR) is 146 cm³/mol. The molecule has 1 aliphatic carbocycles. The number of fused-ring (bicyclic) bond motifs is 1. The van der Waals surface area contributed by atoms with Gasteiger partial charge in [-0.05, 0) is 62.2 Å². The molecule has 1 aliphatic rings. The molecule has 4 aromatic rings. The van der Waals surface area contributed by atoms with Crippen LogP contribution in [0.3, 0.4) is 0 Å². The number of halogens is 2. The molecular formula is C26H26ClFN6O4S. The fourth-order valence-corrected chi connectivity index (χ4v) is 5.83. The molecule has 10 nitrogen and oxygen atoms in total. The van der Waals surface area contributed by atoms with Gasteiger partial charge in [-0.1, -0.05) is 0 Å². The number of nitrogens with one attached hydrogen (secondary N) is 2. The van der Waals surface area contributed by atoms with E-state index in [1.54, 1.807) is 41.1 Å². The second kappa shape index (κ2) is 11.2. The Morgan fingerprint density at radius 3 is 2.82 bits per heavy atom. The summed E-state index contributed by atoms with van der Waals surface area (Å²) >= 11 is 6.12. The lowest BCUT2D eigenvalue weighted by atomic mass is 10.1. The van der Waals surface area contributed by atoms with Crippen molar-refractivity contribution in [2.45, 2.75) is 31.2 Å². The van der Waals surface area contributed by atoms with Gasteiger partial charge in [0.15, 0.2) is 0 Å². The maximum absolute atomic E-state index is 13.5. The van der Waals surface area contributed by atoms with Crippen LogP contribution in [0.5, 0.6) is 0 Å². The lowest BCUT2D eigenvalue weighted by Gasteiger charge is -2.19. The van der Waals surface area contributed by atoms with E-state index in [9.17, 15) is 12.8 Å². The number of sulfonamides is 1. The first-order valence-electron chi connectivity index (χ1n) is 12.2. The number of benzene rings is 1. The van der Waals surface area contributed by atoms with Gasteiger partial charge < -0.3 is 14.5 Å². The number of anilines is 1. The molecule has 0 saturated heterocycles. The van der Waals surface area contributed by atoms with Crippen LogP contribution in [0, 0.1) is 5.82 Å². The van der Waals surface area contributed by atoms with Crippen LogP contribution in [-0.2, 0) is 14.8 Å². The van der Waals surface area contributed by atoms with E-state index in [1.807, 2.05) is 6.92 Å². The van der Waals surface area contributed by atoms with E-state index in [1.165, 1.54) is 31.6 Å². The first-order chi connectivity index (χ1) is 18.7. The van der Waals surface area contributed by atoms with E-state index in [-0.39, 0.29) is 29.1 Å². The van der Waals surface area contributed by atoms with Crippen molar-refractivity contribution in [1.29, 1.82) is 0 Å². The number of rotatable bonds is 10. The van der Waals surface area contributed by atoms with Crippen LogP contribution in [0.15, 0.2) is 76.2 Å². The minimum absolute atomic E-state index is 0.0382. The summed E-state index contributed by atoms with van der Waals surface area (Å²) in [7, 11) is -2.37. The van der Waals surface area contributed by atoms with E-state index in [0.29, 0.717) is 47.3 Å². The summed E-state index contributed by atoms with van der Waals surface area (Å²) in [6.45, 7) is 2.07.